The lowest BCUT2D eigenvalue weighted by atomic mass is 10.4. The molecular formula is C4H6ClNO3. The first kappa shape index (κ1) is 8.23. The molecule has 0 saturated heterocycles. The second kappa shape index (κ2) is 4.14. The molecule has 5 heteroatoms. The van der Waals surface area contributed by atoms with Gasteiger partial charge in [0.05, 0.1) is 0 Å². The van der Waals surface area contributed by atoms with Crippen LogP contribution in [0.25, 0.3) is 0 Å². The third-order valence-corrected chi connectivity index (χ3v) is 0.734. The van der Waals surface area contributed by atoms with Crippen LogP contribution in [0.4, 0.5) is 0 Å². The number of nitrogens with zero attached hydrogens (tertiary/aromatic N) is 1. The Kier molecular flexibility index (Phi) is 3.79. The normalized spacial score (nSPS) is 10.8. The maximum atomic E-state index is 10.3. The van der Waals surface area contributed by atoms with E-state index < -0.39 is 5.97 Å². The Morgan fingerprint density at radius 1 is 1.67 bits per heavy atom. The summed E-state index contributed by atoms with van der Waals surface area (Å²) in [6.07, 6.45) is 0. The SMILES string of the molecule is CON=C(C)C(=O)OCl. The van der Waals surface area contributed by atoms with Crippen molar-refractivity contribution in [3.05, 3.63) is 0 Å². The van der Waals surface area contributed by atoms with E-state index in [2.05, 4.69) is 14.3 Å². The highest BCUT2D eigenvalue weighted by Crippen LogP contribution is 1.86. The predicted octanol–water partition coefficient (Wildman–Crippen LogP) is 0.706. The highest BCUT2D eigenvalue weighted by molar-refractivity contribution is 6.39. The summed E-state index contributed by atoms with van der Waals surface area (Å²) in [4.78, 5) is 14.6. The lowest BCUT2D eigenvalue weighted by Gasteiger charge is -1.91. The van der Waals surface area contributed by atoms with Crippen molar-refractivity contribution in [2.75, 3.05) is 7.11 Å². The highest BCUT2D eigenvalue weighted by atomic mass is 35.5. The zero-order chi connectivity index (χ0) is 7.28. The Morgan fingerprint density at radius 3 is 2.56 bits per heavy atom. The van der Waals surface area contributed by atoms with Crippen molar-refractivity contribution in [2.45, 2.75) is 6.92 Å². The van der Waals surface area contributed by atoms with Gasteiger partial charge in [0.15, 0.2) is 5.71 Å². The number of hydrogen-bond donors (Lipinski definition) is 0. The van der Waals surface area contributed by atoms with Gasteiger partial charge in [0.25, 0.3) is 0 Å². The molecule has 0 unspecified atom stereocenters. The van der Waals surface area contributed by atoms with Gasteiger partial charge < -0.3 is 9.13 Å². The summed E-state index contributed by atoms with van der Waals surface area (Å²) in [7, 11) is 1.32. The van der Waals surface area contributed by atoms with Gasteiger partial charge in [0.1, 0.15) is 19.0 Å². The molecule has 4 nitrogen and oxygen atoms in total. The van der Waals surface area contributed by atoms with Gasteiger partial charge in [-0.05, 0) is 6.92 Å². The van der Waals surface area contributed by atoms with Crippen LogP contribution in [0.15, 0.2) is 5.16 Å². The summed E-state index contributed by atoms with van der Waals surface area (Å²) in [5.74, 6) is -0.710. The average molecular weight is 152 g/mol. The molecule has 0 saturated carbocycles. The van der Waals surface area contributed by atoms with Crippen LogP contribution in [0.1, 0.15) is 6.92 Å². The van der Waals surface area contributed by atoms with Crippen LogP contribution in [0.5, 0.6) is 0 Å². The van der Waals surface area contributed by atoms with Gasteiger partial charge >= 0.3 is 5.97 Å². The third-order valence-electron chi connectivity index (χ3n) is 0.594. The Morgan fingerprint density at radius 2 is 2.22 bits per heavy atom. The summed E-state index contributed by atoms with van der Waals surface area (Å²) >= 11 is 4.70. The quantitative estimate of drug-likeness (QED) is 0.431. The molecule has 0 aromatic heterocycles. The first-order valence-corrected chi connectivity index (χ1v) is 2.44. The number of halogens is 1. The fourth-order valence-corrected chi connectivity index (χ4v) is 0.342. The van der Waals surface area contributed by atoms with Crippen LogP contribution in [0.3, 0.4) is 0 Å². The Labute approximate surface area is 57.5 Å². The first-order valence-electron chi connectivity index (χ1n) is 2.13. The molecule has 0 N–H and O–H groups in total. The van der Waals surface area contributed by atoms with E-state index in [1.54, 1.807) is 0 Å². The van der Waals surface area contributed by atoms with Gasteiger partial charge in [0.2, 0.25) is 0 Å². The van der Waals surface area contributed by atoms with Crippen LogP contribution in [-0.2, 0) is 13.9 Å². The standard InChI is InChI=1S/C4H6ClNO3/c1-3(6-8-2)4(7)9-5/h1-2H3. The van der Waals surface area contributed by atoms with Crippen molar-refractivity contribution in [2.24, 2.45) is 5.16 Å². The monoisotopic (exact) mass is 151 g/mol. The second-order valence-corrected chi connectivity index (χ2v) is 1.38. The minimum absolute atomic E-state index is 0.0764. The number of hydrogen-bond acceptors (Lipinski definition) is 4. The molecule has 0 heterocycles. The summed E-state index contributed by atoms with van der Waals surface area (Å²) < 4.78 is 3.79. The number of carbonyl (C=O) groups excluding carboxylic acids is 1. The van der Waals surface area contributed by atoms with Crippen LogP contribution >= 0.6 is 11.9 Å². The molecule has 0 aliphatic carbocycles. The Bertz CT molecular complexity index is 134. The molecule has 0 aliphatic rings. The molecule has 0 spiro atoms. The summed E-state index contributed by atoms with van der Waals surface area (Å²) in [5.41, 5.74) is 0.0764. The fourth-order valence-electron chi connectivity index (χ4n) is 0.230. The Balaban J connectivity index is 3.86. The van der Waals surface area contributed by atoms with Crippen LogP contribution in [-0.4, -0.2) is 18.8 Å². The molecule has 0 rings (SSSR count). The zero-order valence-corrected chi connectivity index (χ0v) is 5.81. The van der Waals surface area contributed by atoms with Crippen molar-refractivity contribution >= 4 is 23.5 Å². The lowest BCUT2D eigenvalue weighted by Crippen LogP contribution is -2.09. The number of carbonyl (C=O) groups is 1. The molecule has 9 heavy (non-hydrogen) atoms. The topological polar surface area (TPSA) is 47.9 Å². The molecule has 0 aromatic carbocycles. The Hall–Kier alpha value is -0.770. The number of oxime groups is 1. The molecular weight excluding hydrogens is 146 g/mol. The lowest BCUT2D eigenvalue weighted by molar-refractivity contribution is -0.126. The molecule has 0 atom stereocenters. The van der Waals surface area contributed by atoms with Crippen LogP contribution in [0, 0.1) is 0 Å². The van der Waals surface area contributed by atoms with Crippen LogP contribution < -0.4 is 0 Å². The molecule has 0 aliphatic heterocycles. The molecule has 0 amide bonds. The molecule has 0 radical (unpaired) electrons. The van der Waals surface area contributed by atoms with Gasteiger partial charge in [-0.1, -0.05) is 5.16 Å². The highest BCUT2D eigenvalue weighted by Gasteiger charge is 2.05. The van der Waals surface area contributed by atoms with Gasteiger partial charge in [-0.15, -0.1) is 0 Å². The third kappa shape index (κ3) is 2.92. The van der Waals surface area contributed by atoms with E-state index in [4.69, 9.17) is 11.9 Å². The van der Waals surface area contributed by atoms with E-state index in [9.17, 15) is 4.79 Å². The fraction of sp³-hybridized carbons (Fsp3) is 0.500. The van der Waals surface area contributed by atoms with E-state index in [1.807, 2.05) is 0 Å². The summed E-state index contributed by atoms with van der Waals surface area (Å²) in [5, 5.41) is 3.25. The molecule has 0 bridgehead atoms. The van der Waals surface area contributed by atoms with Crippen molar-refractivity contribution in [1.29, 1.82) is 0 Å². The smallest absolute Gasteiger partial charge is 0.373 e. The van der Waals surface area contributed by atoms with Crippen molar-refractivity contribution in [3.63, 3.8) is 0 Å². The average Bonchev–Trinajstić information content (AvgIpc) is 1.87. The maximum absolute atomic E-state index is 10.3. The van der Waals surface area contributed by atoms with Gasteiger partial charge in [0, 0.05) is 0 Å². The van der Waals surface area contributed by atoms with E-state index >= 15 is 0 Å². The minimum Gasteiger partial charge on any atom is -0.399 e. The van der Waals surface area contributed by atoms with E-state index in [1.165, 1.54) is 14.0 Å². The van der Waals surface area contributed by atoms with E-state index in [0.717, 1.165) is 0 Å². The summed E-state index contributed by atoms with van der Waals surface area (Å²) in [6.45, 7) is 1.42. The largest absolute Gasteiger partial charge is 0.399 e. The second-order valence-electron chi connectivity index (χ2n) is 1.22. The van der Waals surface area contributed by atoms with Crippen LogP contribution in [0.2, 0.25) is 0 Å². The molecule has 0 aromatic rings. The van der Waals surface area contributed by atoms with Crippen molar-refractivity contribution in [3.8, 4) is 0 Å². The van der Waals surface area contributed by atoms with Gasteiger partial charge in [-0.25, -0.2) is 4.79 Å². The number of rotatable bonds is 2. The van der Waals surface area contributed by atoms with E-state index in [-0.39, 0.29) is 5.71 Å². The molecule has 0 fully saturated rings. The minimum atomic E-state index is -0.710. The maximum Gasteiger partial charge on any atom is 0.373 e. The van der Waals surface area contributed by atoms with Gasteiger partial charge in [-0.3, -0.25) is 0 Å². The predicted molar refractivity (Wildman–Crippen MR) is 32.1 cm³/mol. The van der Waals surface area contributed by atoms with E-state index in [0.29, 0.717) is 0 Å². The van der Waals surface area contributed by atoms with Crippen molar-refractivity contribution < 1.29 is 13.9 Å². The molecule has 52 valence electrons. The first-order chi connectivity index (χ1) is 4.22. The van der Waals surface area contributed by atoms with Gasteiger partial charge in [-0.2, -0.15) is 0 Å². The zero-order valence-electron chi connectivity index (χ0n) is 5.05. The summed E-state index contributed by atoms with van der Waals surface area (Å²) in [6, 6.07) is 0. The van der Waals surface area contributed by atoms with Crippen molar-refractivity contribution in [1.82, 2.24) is 0 Å².